The van der Waals surface area contributed by atoms with E-state index in [1.165, 1.54) is 11.1 Å². The lowest BCUT2D eigenvalue weighted by Gasteiger charge is -2.33. The molecule has 1 saturated heterocycles. The molecule has 0 unspecified atom stereocenters. The molecular weight excluding hydrogens is 376 g/mol. The van der Waals surface area contributed by atoms with Crippen molar-refractivity contribution in [1.29, 1.82) is 0 Å². The number of carbonyl (C=O) groups excluding carboxylic acids is 1. The monoisotopic (exact) mass is 402 g/mol. The molecule has 6 nitrogen and oxygen atoms in total. The number of benzene rings is 1. The molecule has 4 rings (SSSR count). The van der Waals surface area contributed by atoms with Crippen molar-refractivity contribution in [2.45, 2.75) is 26.4 Å². The first-order valence-corrected chi connectivity index (χ1v) is 10.1. The van der Waals surface area contributed by atoms with Crippen LogP contribution in [0.25, 0.3) is 11.3 Å². The number of morpholine rings is 1. The Labute approximate surface area is 176 Å². The van der Waals surface area contributed by atoms with E-state index in [1.54, 1.807) is 12.3 Å². The molecular formula is C24H26N4O2. The van der Waals surface area contributed by atoms with Crippen LogP contribution in [0.15, 0.2) is 54.7 Å². The van der Waals surface area contributed by atoms with Gasteiger partial charge in [-0.1, -0.05) is 24.3 Å². The van der Waals surface area contributed by atoms with Crippen LogP contribution in [0, 0.1) is 13.8 Å². The van der Waals surface area contributed by atoms with Gasteiger partial charge in [0.25, 0.3) is 0 Å². The highest BCUT2D eigenvalue weighted by Crippen LogP contribution is 2.25. The summed E-state index contributed by atoms with van der Waals surface area (Å²) in [6, 6.07) is 15.7. The molecule has 1 fully saturated rings. The Bertz CT molecular complexity index is 1050. The van der Waals surface area contributed by atoms with Gasteiger partial charge in [-0.15, -0.1) is 0 Å². The second-order valence-corrected chi connectivity index (χ2v) is 7.71. The maximum atomic E-state index is 12.9. The van der Waals surface area contributed by atoms with Crippen molar-refractivity contribution in [1.82, 2.24) is 14.9 Å². The van der Waals surface area contributed by atoms with Gasteiger partial charge in [0.05, 0.1) is 31.0 Å². The highest BCUT2D eigenvalue weighted by atomic mass is 16.5. The Morgan fingerprint density at radius 1 is 1.17 bits per heavy atom. The van der Waals surface area contributed by atoms with Crippen molar-refractivity contribution in [2.75, 3.05) is 25.4 Å². The van der Waals surface area contributed by atoms with Crippen LogP contribution < -0.4 is 5.73 Å². The summed E-state index contributed by atoms with van der Waals surface area (Å²) < 4.78 is 5.95. The van der Waals surface area contributed by atoms with Crippen molar-refractivity contribution >= 4 is 11.7 Å². The van der Waals surface area contributed by atoms with E-state index in [0.29, 0.717) is 31.9 Å². The highest BCUT2D eigenvalue weighted by molar-refractivity contribution is 5.79. The SMILES string of the molecule is Cc1ccc(CC(=O)N2CCO[C@H](c3cccc(-c4ccc(N)nc4)n3)C2)cc1C. The molecule has 1 amide bonds. The number of nitrogens with zero attached hydrogens (tertiary/aromatic N) is 3. The lowest BCUT2D eigenvalue weighted by molar-refractivity contribution is -0.138. The van der Waals surface area contributed by atoms with Gasteiger partial charge in [0.1, 0.15) is 11.9 Å². The molecule has 0 spiro atoms. The van der Waals surface area contributed by atoms with Crippen LogP contribution in [0.4, 0.5) is 5.82 Å². The Morgan fingerprint density at radius 2 is 2.03 bits per heavy atom. The predicted molar refractivity (Wildman–Crippen MR) is 117 cm³/mol. The van der Waals surface area contributed by atoms with E-state index in [4.69, 9.17) is 15.5 Å². The zero-order chi connectivity index (χ0) is 21.1. The van der Waals surface area contributed by atoms with Gasteiger partial charge >= 0.3 is 0 Å². The number of pyridine rings is 2. The molecule has 1 aromatic carbocycles. The molecule has 1 aliphatic heterocycles. The molecule has 3 aromatic rings. The maximum Gasteiger partial charge on any atom is 0.227 e. The highest BCUT2D eigenvalue weighted by Gasteiger charge is 2.26. The summed E-state index contributed by atoms with van der Waals surface area (Å²) in [5.74, 6) is 0.592. The number of rotatable bonds is 4. The van der Waals surface area contributed by atoms with Crippen molar-refractivity contribution in [3.8, 4) is 11.3 Å². The number of nitrogen functional groups attached to an aromatic ring is 1. The average Bonchev–Trinajstić information content (AvgIpc) is 2.77. The molecule has 154 valence electrons. The maximum absolute atomic E-state index is 12.9. The van der Waals surface area contributed by atoms with Gasteiger partial charge in [0, 0.05) is 18.3 Å². The number of hydrogen-bond donors (Lipinski definition) is 1. The van der Waals surface area contributed by atoms with Gasteiger partial charge in [-0.3, -0.25) is 4.79 Å². The Hall–Kier alpha value is -3.25. The fraction of sp³-hybridized carbons (Fsp3) is 0.292. The van der Waals surface area contributed by atoms with Crippen molar-refractivity contribution in [2.24, 2.45) is 0 Å². The van der Waals surface area contributed by atoms with Crippen LogP contribution in [0.2, 0.25) is 0 Å². The fourth-order valence-corrected chi connectivity index (χ4v) is 3.60. The molecule has 2 aromatic heterocycles. The Balaban J connectivity index is 1.47. The van der Waals surface area contributed by atoms with Crippen LogP contribution in [-0.4, -0.2) is 40.5 Å². The number of aromatic nitrogens is 2. The van der Waals surface area contributed by atoms with E-state index in [-0.39, 0.29) is 12.0 Å². The van der Waals surface area contributed by atoms with Gasteiger partial charge in [-0.2, -0.15) is 0 Å². The zero-order valence-corrected chi connectivity index (χ0v) is 17.3. The van der Waals surface area contributed by atoms with Gasteiger partial charge in [0.15, 0.2) is 0 Å². The summed E-state index contributed by atoms with van der Waals surface area (Å²) in [6.07, 6.45) is 1.87. The second kappa shape index (κ2) is 8.63. The van der Waals surface area contributed by atoms with Crippen molar-refractivity contribution in [3.05, 3.63) is 77.1 Å². The zero-order valence-electron chi connectivity index (χ0n) is 17.3. The molecule has 6 heteroatoms. The summed E-state index contributed by atoms with van der Waals surface area (Å²) in [5, 5.41) is 0. The van der Waals surface area contributed by atoms with E-state index >= 15 is 0 Å². The van der Waals surface area contributed by atoms with E-state index in [2.05, 4.69) is 31.0 Å². The van der Waals surface area contributed by atoms with E-state index in [0.717, 1.165) is 22.5 Å². The fourth-order valence-electron chi connectivity index (χ4n) is 3.60. The molecule has 1 aliphatic rings. The first kappa shape index (κ1) is 20.0. The summed E-state index contributed by atoms with van der Waals surface area (Å²) in [6.45, 7) is 5.75. The van der Waals surface area contributed by atoms with Gasteiger partial charge in [0.2, 0.25) is 5.91 Å². The van der Waals surface area contributed by atoms with Crippen LogP contribution in [0.3, 0.4) is 0 Å². The third-order valence-corrected chi connectivity index (χ3v) is 5.53. The van der Waals surface area contributed by atoms with Gasteiger partial charge < -0.3 is 15.4 Å². The van der Waals surface area contributed by atoms with Crippen molar-refractivity contribution in [3.63, 3.8) is 0 Å². The quantitative estimate of drug-likeness (QED) is 0.722. The minimum Gasteiger partial charge on any atom is -0.384 e. The predicted octanol–water partition coefficient (Wildman–Crippen LogP) is 3.49. The normalized spacial score (nSPS) is 16.5. The van der Waals surface area contributed by atoms with Crippen LogP contribution in [-0.2, 0) is 16.0 Å². The molecule has 0 radical (unpaired) electrons. The summed E-state index contributed by atoms with van der Waals surface area (Å²) in [5.41, 5.74) is 11.7. The topological polar surface area (TPSA) is 81.3 Å². The Morgan fingerprint density at radius 3 is 2.80 bits per heavy atom. The number of nitrogens with two attached hydrogens (primary N) is 1. The average molecular weight is 402 g/mol. The number of ether oxygens (including phenoxy) is 1. The standard InChI is InChI=1S/C24H26N4O2/c1-16-6-7-18(12-17(16)2)13-24(29)28-10-11-30-22(15-28)21-5-3-4-20(27-21)19-8-9-23(25)26-14-19/h3-9,12,14,22H,10-11,13,15H2,1-2H3,(H2,25,26)/t22-/m0/s1. The van der Waals surface area contributed by atoms with Gasteiger partial charge in [-0.25, -0.2) is 9.97 Å². The molecule has 0 saturated carbocycles. The lowest BCUT2D eigenvalue weighted by atomic mass is 10.0. The summed E-state index contributed by atoms with van der Waals surface area (Å²) >= 11 is 0. The minimum atomic E-state index is -0.246. The molecule has 3 heterocycles. The van der Waals surface area contributed by atoms with Crippen LogP contribution >= 0.6 is 0 Å². The second-order valence-electron chi connectivity index (χ2n) is 7.71. The first-order valence-electron chi connectivity index (χ1n) is 10.1. The number of hydrogen-bond acceptors (Lipinski definition) is 5. The van der Waals surface area contributed by atoms with Gasteiger partial charge in [-0.05, 0) is 54.8 Å². The molecule has 1 atom stereocenters. The first-order chi connectivity index (χ1) is 14.5. The third-order valence-electron chi connectivity index (χ3n) is 5.53. The minimum absolute atomic E-state index is 0.116. The molecule has 30 heavy (non-hydrogen) atoms. The number of anilines is 1. The van der Waals surface area contributed by atoms with E-state index in [9.17, 15) is 4.79 Å². The molecule has 0 bridgehead atoms. The Kier molecular flexibility index (Phi) is 5.77. The van der Waals surface area contributed by atoms with Crippen molar-refractivity contribution < 1.29 is 9.53 Å². The third kappa shape index (κ3) is 4.49. The van der Waals surface area contributed by atoms with E-state index < -0.39 is 0 Å². The lowest BCUT2D eigenvalue weighted by Crippen LogP contribution is -2.43. The molecule has 2 N–H and O–H groups in total. The number of carbonyl (C=O) groups is 1. The van der Waals surface area contributed by atoms with Crippen LogP contribution in [0.5, 0.6) is 0 Å². The van der Waals surface area contributed by atoms with E-state index in [1.807, 2.05) is 35.2 Å². The number of aryl methyl sites for hydroxylation is 2. The number of amides is 1. The van der Waals surface area contributed by atoms with Crippen LogP contribution in [0.1, 0.15) is 28.5 Å². The largest absolute Gasteiger partial charge is 0.384 e. The molecule has 0 aliphatic carbocycles. The summed E-state index contributed by atoms with van der Waals surface area (Å²) in [7, 11) is 0. The smallest absolute Gasteiger partial charge is 0.227 e. The summed E-state index contributed by atoms with van der Waals surface area (Å²) in [4.78, 5) is 23.7.